The number of aromatic hydroxyl groups is 1. The van der Waals surface area contributed by atoms with Crippen LogP contribution in [0.25, 0.3) is 0 Å². The first-order valence-corrected chi connectivity index (χ1v) is 15.3. The van der Waals surface area contributed by atoms with Gasteiger partial charge in [-0.1, -0.05) is 64.8 Å². The Hall–Kier alpha value is 0.228. The van der Waals surface area contributed by atoms with Crippen LogP contribution >= 0.6 is 0 Å². The number of hydrogen-bond acceptors (Lipinski definition) is 1. The topological polar surface area (TPSA) is 20.2 Å². The SMILES string of the molecule is C[Si](C)(C)C1=[C-]CC=C1.Cc1cc(O)cc([Si](C)(C)C(C)(C)C)c1.[Cl-].[Cl-].[Ti]. The van der Waals surface area contributed by atoms with E-state index in [0.29, 0.717) is 10.8 Å². The van der Waals surface area contributed by atoms with E-state index in [9.17, 15) is 5.11 Å². The van der Waals surface area contributed by atoms with Crippen molar-refractivity contribution in [2.45, 2.75) is 71.9 Å². The van der Waals surface area contributed by atoms with Crippen LogP contribution in [0.2, 0.25) is 37.8 Å². The van der Waals surface area contributed by atoms with Crippen LogP contribution in [0.4, 0.5) is 0 Å². The van der Waals surface area contributed by atoms with Crippen LogP contribution in [-0.2, 0) is 21.7 Å². The Bertz CT molecular complexity index is 622. The van der Waals surface area contributed by atoms with E-state index in [-0.39, 0.29) is 46.5 Å². The predicted octanol–water partition coefficient (Wildman–Crippen LogP) is -0.0251. The van der Waals surface area contributed by atoms with Gasteiger partial charge in [0.1, 0.15) is 5.75 Å². The molecule has 0 fully saturated rings. The van der Waals surface area contributed by atoms with Crippen molar-refractivity contribution >= 4 is 21.3 Å². The van der Waals surface area contributed by atoms with Crippen molar-refractivity contribution < 1.29 is 51.6 Å². The average Bonchev–Trinajstić information content (AvgIpc) is 2.90. The maximum absolute atomic E-state index is 9.65. The standard InChI is InChI=1S/C13H22OSi.C8H13Si.2ClH.Ti/c1-10-7-11(14)9-12(8-10)15(5,6)13(2,3)4;1-9(2,3)8-6-4-5-7-8;;;/h7-9,14H,1-6H3;4,6H,5H2,1-3H3;2*1H;/q;-1;;;/p-2. The molecule has 0 aliphatic heterocycles. The van der Waals surface area contributed by atoms with Crippen molar-refractivity contribution in [2.75, 3.05) is 0 Å². The molecule has 1 nitrogen and oxygen atoms in total. The molecule has 1 N–H and O–H groups in total. The fourth-order valence-electron chi connectivity index (χ4n) is 2.48. The zero-order valence-electron chi connectivity index (χ0n) is 18.3. The number of benzene rings is 1. The monoisotopic (exact) mass is 477 g/mol. The minimum atomic E-state index is -1.50. The van der Waals surface area contributed by atoms with E-state index in [1.807, 2.05) is 19.1 Å². The summed E-state index contributed by atoms with van der Waals surface area (Å²) in [4.78, 5) is 0. The van der Waals surface area contributed by atoms with E-state index < -0.39 is 16.1 Å². The molecule has 0 heterocycles. The molecule has 0 radical (unpaired) electrons. The summed E-state index contributed by atoms with van der Waals surface area (Å²) in [5, 5.41) is 12.8. The average molecular weight is 478 g/mol. The smallest absolute Gasteiger partial charge is 0.115 e. The van der Waals surface area contributed by atoms with Crippen LogP contribution in [0.15, 0.2) is 35.5 Å². The van der Waals surface area contributed by atoms with Gasteiger partial charge in [-0.05, 0) is 29.7 Å². The first-order chi connectivity index (χ1) is 10.7. The molecule has 0 saturated carbocycles. The van der Waals surface area contributed by atoms with Gasteiger partial charge in [0.2, 0.25) is 0 Å². The minimum Gasteiger partial charge on any atom is -1.00 e. The maximum atomic E-state index is 9.65. The molecule has 6 heteroatoms. The Balaban J connectivity index is -0.000000420. The molecule has 1 aliphatic rings. The first kappa shape index (κ1) is 31.9. The quantitative estimate of drug-likeness (QED) is 0.468. The molecule has 0 amide bonds. The summed E-state index contributed by atoms with van der Waals surface area (Å²) in [6.45, 7) is 20.7. The van der Waals surface area contributed by atoms with Gasteiger partial charge in [-0.15, -0.1) is 6.42 Å². The van der Waals surface area contributed by atoms with Gasteiger partial charge >= 0.3 is 0 Å². The van der Waals surface area contributed by atoms with Gasteiger partial charge in [0.05, 0.1) is 8.07 Å². The number of hydrogen-bond donors (Lipinski definition) is 1. The van der Waals surface area contributed by atoms with Crippen LogP contribution in [-0.4, -0.2) is 21.3 Å². The third-order valence-electron chi connectivity index (χ3n) is 5.16. The number of phenols is 1. The molecule has 1 aromatic rings. The molecule has 0 unspecified atom stereocenters. The van der Waals surface area contributed by atoms with Gasteiger partial charge in [-0.3, -0.25) is 6.08 Å². The largest absolute Gasteiger partial charge is 1.00 e. The molecule has 0 aromatic heterocycles. The Morgan fingerprint density at radius 2 is 1.48 bits per heavy atom. The van der Waals surface area contributed by atoms with Gasteiger partial charge in [0.25, 0.3) is 0 Å². The summed E-state index contributed by atoms with van der Waals surface area (Å²) in [5.41, 5.74) is 1.15. The molecule has 2 rings (SSSR count). The van der Waals surface area contributed by atoms with Gasteiger partial charge in [-0.2, -0.15) is 6.08 Å². The van der Waals surface area contributed by atoms with E-state index in [1.165, 1.54) is 10.4 Å². The molecule has 154 valence electrons. The molecular weight excluding hydrogens is 443 g/mol. The second kappa shape index (κ2) is 12.0. The van der Waals surface area contributed by atoms with Crippen molar-refractivity contribution in [3.8, 4) is 5.75 Å². The summed E-state index contributed by atoms with van der Waals surface area (Å²) in [7, 11) is -2.51. The Labute approximate surface area is 196 Å². The van der Waals surface area contributed by atoms with E-state index >= 15 is 0 Å². The number of rotatable bonds is 2. The second-order valence-corrected chi connectivity index (χ2v) is 19.7. The Kier molecular flexibility index (Phi) is 14.2. The summed E-state index contributed by atoms with van der Waals surface area (Å²) in [5.74, 6) is 0.398. The van der Waals surface area contributed by atoms with E-state index in [4.69, 9.17) is 0 Å². The number of halogens is 2. The molecule has 1 aliphatic carbocycles. The second-order valence-electron chi connectivity index (χ2n) is 9.38. The fraction of sp³-hybridized carbons (Fsp3) is 0.524. The number of aryl methyl sites for hydroxylation is 1. The van der Waals surface area contributed by atoms with E-state index in [0.717, 1.165) is 12.0 Å². The van der Waals surface area contributed by atoms with Crippen LogP contribution in [0, 0.1) is 13.0 Å². The number of phenolic OH excluding ortho intramolecular Hbond substituents is 1. The molecule has 0 spiro atoms. The van der Waals surface area contributed by atoms with Gasteiger partial charge < -0.3 is 29.9 Å². The summed E-state index contributed by atoms with van der Waals surface area (Å²) < 4.78 is 0. The minimum absolute atomic E-state index is 0. The third kappa shape index (κ3) is 9.51. The van der Waals surface area contributed by atoms with Crippen LogP contribution in [0.5, 0.6) is 5.75 Å². The Morgan fingerprint density at radius 3 is 1.78 bits per heavy atom. The zero-order chi connectivity index (χ0) is 18.8. The summed E-state index contributed by atoms with van der Waals surface area (Å²) in [6.07, 6.45) is 8.82. The van der Waals surface area contributed by atoms with Gasteiger partial charge in [0, 0.05) is 29.8 Å². The zero-order valence-corrected chi connectivity index (χ0v) is 23.4. The van der Waals surface area contributed by atoms with Gasteiger partial charge in [-0.25, -0.2) is 11.3 Å². The third-order valence-corrected chi connectivity index (χ3v) is 12.6. The number of allylic oxidation sites excluding steroid dienone is 4. The molecular formula is C21H35Cl2OSi2Ti-3. The van der Waals surface area contributed by atoms with Crippen molar-refractivity contribution in [3.63, 3.8) is 0 Å². The normalized spacial score (nSPS) is 13.3. The molecule has 0 atom stereocenters. The van der Waals surface area contributed by atoms with E-state index in [1.54, 1.807) is 0 Å². The Morgan fingerprint density at radius 1 is 0.963 bits per heavy atom. The molecule has 0 bridgehead atoms. The molecule has 0 saturated heterocycles. The van der Waals surface area contributed by atoms with Crippen LogP contribution in [0.1, 0.15) is 32.8 Å². The first-order valence-electron chi connectivity index (χ1n) is 8.84. The van der Waals surface area contributed by atoms with Crippen LogP contribution < -0.4 is 30.0 Å². The fourth-order valence-corrected chi connectivity index (χ4v) is 5.69. The maximum Gasteiger partial charge on any atom is 0.115 e. The molecule has 1 aromatic carbocycles. The summed E-state index contributed by atoms with van der Waals surface area (Å²) >= 11 is 0. The van der Waals surface area contributed by atoms with Crippen molar-refractivity contribution in [1.82, 2.24) is 0 Å². The van der Waals surface area contributed by atoms with Crippen molar-refractivity contribution in [2.24, 2.45) is 0 Å². The van der Waals surface area contributed by atoms with E-state index in [2.05, 4.69) is 77.8 Å². The molecule has 27 heavy (non-hydrogen) atoms. The van der Waals surface area contributed by atoms with Crippen LogP contribution in [0.3, 0.4) is 0 Å². The van der Waals surface area contributed by atoms with Gasteiger partial charge in [0.15, 0.2) is 0 Å². The van der Waals surface area contributed by atoms with Crippen molar-refractivity contribution in [1.29, 1.82) is 0 Å². The predicted molar refractivity (Wildman–Crippen MR) is 114 cm³/mol. The van der Waals surface area contributed by atoms with Crippen molar-refractivity contribution in [3.05, 3.63) is 47.2 Å². The summed E-state index contributed by atoms with van der Waals surface area (Å²) in [6, 6.07) is 5.97.